The van der Waals surface area contributed by atoms with Crippen LogP contribution in [-0.2, 0) is 0 Å². The molecule has 0 aromatic carbocycles. The summed E-state index contributed by atoms with van der Waals surface area (Å²) in [4.78, 5) is 5.50. The molecule has 3 aliphatic rings. The molecule has 110 valence electrons. The monoisotopic (exact) mass is 265 g/mol. The van der Waals surface area contributed by atoms with Crippen LogP contribution in [0.4, 0.5) is 0 Å². The predicted molar refractivity (Wildman–Crippen MR) is 80.2 cm³/mol. The maximum absolute atomic E-state index is 6.19. The zero-order valence-corrected chi connectivity index (χ0v) is 12.6. The van der Waals surface area contributed by atoms with Gasteiger partial charge in [0.05, 0.1) is 0 Å². The third kappa shape index (κ3) is 2.57. The van der Waals surface area contributed by atoms with Gasteiger partial charge in [-0.2, -0.15) is 0 Å². The molecule has 0 aromatic rings. The third-order valence-electron chi connectivity index (χ3n) is 6.09. The SMILES string of the molecule is CCC(CN)(C1CC1)N1CCN(C2CCCC2)CC1. The Kier molecular flexibility index (Phi) is 4.16. The molecule has 0 bridgehead atoms. The molecule has 0 radical (unpaired) electrons. The Morgan fingerprint density at radius 2 is 1.63 bits per heavy atom. The summed E-state index contributed by atoms with van der Waals surface area (Å²) in [5, 5.41) is 0. The lowest BCUT2D eigenvalue weighted by molar-refractivity contribution is 0.00715. The van der Waals surface area contributed by atoms with Crippen molar-refractivity contribution in [3.63, 3.8) is 0 Å². The maximum atomic E-state index is 6.19. The van der Waals surface area contributed by atoms with Gasteiger partial charge in [0.2, 0.25) is 0 Å². The van der Waals surface area contributed by atoms with Gasteiger partial charge in [0.15, 0.2) is 0 Å². The van der Waals surface area contributed by atoms with Crippen LogP contribution in [0.2, 0.25) is 0 Å². The summed E-state index contributed by atoms with van der Waals surface area (Å²) in [5.74, 6) is 0.889. The summed E-state index contributed by atoms with van der Waals surface area (Å²) < 4.78 is 0. The van der Waals surface area contributed by atoms with Crippen LogP contribution < -0.4 is 5.73 Å². The van der Waals surface area contributed by atoms with Crippen LogP contribution in [0.3, 0.4) is 0 Å². The topological polar surface area (TPSA) is 32.5 Å². The average molecular weight is 265 g/mol. The average Bonchev–Trinajstić information content (AvgIpc) is 3.17. The van der Waals surface area contributed by atoms with Crippen molar-refractivity contribution in [2.24, 2.45) is 11.7 Å². The van der Waals surface area contributed by atoms with Crippen molar-refractivity contribution in [3.8, 4) is 0 Å². The molecule has 19 heavy (non-hydrogen) atoms. The summed E-state index contributed by atoms with van der Waals surface area (Å²) in [6.45, 7) is 8.25. The van der Waals surface area contributed by atoms with Crippen molar-refractivity contribution in [1.82, 2.24) is 9.80 Å². The van der Waals surface area contributed by atoms with Gasteiger partial charge in [0, 0.05) is 44.3 Å². The number of rotatable bonds is 5. The van der Waals surface area contributed by atoms with E-state index in [0.717, 1.165) is 18.5 Å². The Hall–Kier alpha value is -0.120. The van der Waals surface area contributed by atoms with Crippen LogP contribution in [-0.4, -0.2) is 54.1 Å². The van der Waals surface area contributed by atoms with Gasteiger partial charge in [-0.25, -0.2) is 0 Å². The quantitative estimate of drug-likeness (QED) is 0.826. The van der Waals surface area contributed by atoms with Crippen LogP contribution in [0.15, 0.2) is 0 Å². The lowest BCUT2D eigenvalue weighted by Gasteiger charge is -2.48. The van der Waals surface area contributed by atoms with E-state index in [2.05, 4.69) is 16.7 Å². The van der Waals surface area contributed by atoms with Gasteiger partial charge in [-0.05, 0) is 38.0 Å². The maximum Gasteiger partial charge on any atom is 0.0358 e. The van der Waals surface area contributed by atoms with E-state index >= 15 is 0 Å². The Labute approximate surface area is 118 Å². The first-order valence-electron chi connectivity index (χ1n) is 8.49. The van der Waals surface area contributed by atoms with Gasteiger partial charge in [0.25, 0.3) is 0 Å². The molecule has 2 saturated carbocycles. The Morgan fingerprint density at radius 1 is 1.00 bits per heavy atom. The highest BCUT2D eigenvalue weighted by Crippen LogP contribution is 2.45. The molecule has 3 rings (SSSR count). The summed E-state index contributed by atoms with van der Waals surface area (Å²) in [6, 6.07) is 0.900. The van der Waals surface area contributed by atoms with E-state index in [1.165, 1.54) is 71.1 Å². The zero-order valence-electron chi connectivity index (χ0n) is 12.6. The smallest absolute Gasteiger partial charge is 0.0358 e. The summed E-state index contributed by atoms with van der Waals surface area (Å²) in [7, 11) is 0. The molecular formula is C16H31N3. The lowest BCUT2D eigenvalue weighted by atomic mass is 9.87. The molecule has 0 spiro atoms. The minimum absolute atomic E-state index is 0.335. The van der Waals surface area contributed by atoms with Gasteiger partial charge < -0.3 is 5.73 Å². The summed E-state index contributed by atoms with van der Waals surface area (Å²) in [5.41, 5.74) is 6.53. The van der Waals surface area contributed by atoms with Gasteiger partial charge in [-0.3, -0.25) is 9.80 Å². The Bertz CT molecular complexity index is 282. The minimum Gasteiger partial charge on any atom is -0.329 e. The largest absolute Gasteiger partial charge is 0.329 e. The van der Waals surface area contributed by atoms with Crippen LogP contribution in [0.5, 0.6) is 0 Å². The third-order valence-corrected chi connectivity index (χ3v) is 6.09. The molecule has 0 amide bonds. The Balaban J connectivity index is 1.59. The van der Waals surface area contributed by atoms with Gasteiger partial charge >= 0.3 is 0 Å². The second kappa shape index (κ2) is 5.71. The second-order valence-electron chi connectivity index (χ2n) is 6.90. The van der Waals surface area contributed by atoms with Crippen molar-refractivity contribution in [3.05, 3.63) is 0 Å². The van der Waals surface area contributed by atoms with Crippen LogP contribution in [0, 0.1) is 5.92 Å². The second-order valence-corrected chi connectivity index (χ2v) is 6.90. The molecule has 3 heteroatoms. The fraction of sp³-hybridized carbons (Fsp3) is 1.00. The number of hydrogen-bond donors (Lipinski definition) is 1. The fourth-order valence-corrected chi connectivity index (χ4v) is 4.63. The van der Waals surface area contributed by atoms with Gasteiger partial charge in [-0.15, -0.1) is 0 Å². The van der Waals surface area contributed by atoms with Gasteiger partial charge in [-0.1, -0.05) is 19.8 Å². The van der Waals surface area contributed by atoms with Crippen molar-refractivity contribution in [1.29, 1.82) is 0 Å². The van der Waals surface area contributed by atoms with Crippen LogP contribution >= 0.6 is 0 Å². The van der Waals surface area contributed by atoms with Gasteiger partial charge in [0.1, 0.15) is 0 Å². The molecule has 0 aromatic heterocycles. The van der Waals surface area contributed by atoms with Crippen LogP contribution in [0.1, 0.15) is 51.9 Å². The molecule has 1 unspecified atom stereocenters. The van der Waals surface area contributed by atoms with Crippen LogP contribution in [0.25, 0.3) is 0 Å². The normalized spacial score (nSPS) is 30.6. The van der Waals surface area contributed by atoms with E-state index in [0.29, 0.717) is 5.54 Å². The molecule has 3 nitrogen and oxygen atoms in total. The molecule has 1 heterocycles. The molecule has 2 N–H and O–H groups in total. The van der Waals surface area contributed by atoms with E-state index in [9.17, 15) is 0 Å². The highest BCUT2D eigenvalue weighted by atomic mass is 15.3. The number of piperazine rings is 1. The predicted octanol–water partition coefficient (Wildman–Crippen LogP) is 2.06. The molecular weight excluding hydrogens is 234 g/mol. The first-order chi connectivity index (χ1) is 9.30. The summed E-state index contributed by atoms with van der Waals surface area (Å²) in [6.07, 6.45) is 9.85. The first-order valence-corrected chi connectivity index (χ1v) is 8.49. The van der Waals surface area contributed by atoms with E-state index in [1.54, 1.807) is 0 Å². The molecule has 1 saturated heterocycles. The van der Waals surface area contributed by atoms with Crippen molar-refractivity contribution in [2.45, 2.75) is 63.5 Å². The Morgan fingerprint density at radius 3 is 2.11 bits per heavy atom. The minimum atomic E-state index is 0.335. The number of hydrogen-bond acceptors (Lipinski definition) is 3. The number of nitrogens with zero attached hydrogens (tertiary/aromatic N) is 2. The van der Waals surface area contributed by atoms with E-state index < -0.39 is 0 Å². The van der Waals surface area contributed by atoms with Crippen molar-refractivity contribution >= 4 is 0 Å². The lowest BCUT2D eigenvalue weighted by Crippen LogP contribution is -2.62. The standard InChI is InChI=1S/C16H31N3/c1-2-16(13-17,14-7-8-14)19-11-9-18(10-12-19)15-5-3-4-6-15/h14-15H,2-13,17H2,1H3. The fourth-order valence-electron chi connectivity index (χ4n) is 4.63. The molecule has 2 aliphatic carbocycles. The van der Waals surface area contributed by atoms with E-state index in [1.807, 2.05) is 0 Å². The van der Waals surface area contributed by atoms with Crippen molar-refractivity contribution in [2.75, 3.05) is 32.7 Å². The highest BCUT2D eigenvalue weighted by Gasteiger charge is 2.47. The number of nitrogens with two attached hydrogens (primary N) is 1. The molecule has 1 aliphatic heterocycles. The summed E-state index contributed by atoms with van der Waals surface area (Å²) >= 11 is 0. The molecule has 1 atom stereocenters. The van der Waals surface area contributed by atoms with E-state index in [-0.39, 0.29) is 0 Å². The van der Waals surface area contributed by atoms with E-state index in [4.69, 9.17) is 5.73 Å². The first kappa shape index (κ1) is 13.8. The molecule has 3 fully saturated rings. The zero-order chi connectivity index (χ0) is 13.3. The van der Waals surface area contributed by atoms with Crippen molar-refractivity contribution < 1.29 is 0 Å². The highest BCUT2D eigenvalue weighted by molar-refractivity contribution is 5.04.